The van der Waals surface area contributed by atoms with Gasteiger partial charge in [0.15, 0.2) is 11.6 Å². The third kappa shape index (κ3) is 2.82. The lowest BCUT2D eigenvalue weighted by Gasteiger charge is -2.10. The normalized spacial score (nSPS) is 11.9. The summed E-state index contributed by atoms with van der Waals surface area (Å²) >= 11 is 0. The van der Waals surface area contributed by atoms with E-state index in [0.29, 0.717) is 11.4 Å². The van der Waals surface area contributed by atoms with Crippen LogP contribution in [0.1, 0.15) is 19.4 Å². The van der Waals surface area contributed by atoms with Crippen molar-refractivity contribution in [2.45, 2.75) is 20.3 Å². The SMILES string of the molecule is CC.Nc1ccc(Oc2ccnc3c2CCN3)c(F)c1. The van der Waals surface area contributed by atoms with E-state index >= 15 is 0 Å². The second kappa shape index (κ2) is 6.23. The molecule has 2 heterocycles. The summed E-state index contributed by atoms with van der Waals surface area (Å²) in [5, 5.41) is 3.15. The zero-order valence-corrected chi connectivity index (χ0v) is 11.6. The molecule has 5 heteroatoms. The first-order chi connectivity index (χ1) is 9.74. The number of pyridine rings is 1. The van der Waals surface area contributed by atoms with Crippen molar-refractivity contribution in [3.8, 4) is 11.5 Å². The molecule has 0 unspecified atom stereocenters. The number of hydrogen-bond acceptors (Lipinski definition) is 4. The van der Waals surface area contributed by atoms with Crippen LogP contribution in [-0.2, 0) is 6.42 Å². The molecule has 2 aromatic rings. The van der Waals surface area contributed by atoms with Crippen molar-refractivity contribution < 1.29 is 9.13 Å². The van der Waals surface area contributed by atoms with Crippen molar-refractivity contribution in [1.29, 1.82) is 0 Å². The van der Waals surface area contributed by atoms with E-state index in [-0.39, 0.29) is 5.75 Å². The Hall–Kier alpha value is -2.30. The molecule has 0 saturated heterocycles. The first-order valence-corrected chi connectivity index (χ1v) is 6.68. The van der Waals surface area contributed by atoms with Crippen LogP contribution in [0.4, 0.5) is 15.9 Å². The Morgan fingerprint density at radius 1 is 1.25 bits per heavy atom. The van der Waals surface area contributed by atoms with Gasteiger partial charge in [-0.25, -0.2) is 9.37 Å². The summed E-state index contributed by atoms with van der Waals surface area (Å²) < 4.78 is 19.2. The van der Waals surface area contributed by atoms with Crippen molar-refractivity contribution in [1.82, 2.24) is 4.98 Å². The van der Waals surface area contributed by atoms with Crippen molar-refractivity contribution >= 4 is 11.5 Å². The predicted molar refractivity (Wildman–Crippen MR) is 78.7 cm³/mol. The number of ether oxygens (including phenoxy) is 1. The molecule has 3 rings (SSSR count). The number of hydrogen-bond donors (Lipinski definition) is 2. The van der Waals surface area contributed by atoms with Gasteiger partial charge < -0.3 is 15.8 Å². The van der Waals surface area contributed by atoms with Crippen molar-refractivity contribution in [2.75, 3.05) is 17.6 Å². The summed E-state index contributed by atoms with van der Waals surface area (Å²) in [7, 11) is 0. The molecule has 1 aliphatic heterocycles. The second-order valence-electron chi connectivity index (χ2n) is 4.10. The largest absolute Gasteiger partial charge is 0.454 e. The molecule has 0 bridgehead atoms. The fourth-order valence-corrected chi connectivity index (χ4v) is 1.99. The molecule has 1 aromatic carbocycles. The number of rotatable bonds is 2. The van der Waals surface area contributed by atoms with Crippen molar-refractivity contribution in [3.63, 3.8) is 0 Å². The minimum Gasteiger partial charge on any atom is -0.454 e. The Morgan fingerprint density at radius 2 is 2.05 bits per heavy atom. The summed E-state index contributed by atoms with van der Waals surface area (Å²) in [5.41, 5.74) is 6.85. The summed E-state index contributed by atoms with van der Waals surface area (Å²) in [5.74, 6) is 1.15. The van der Waals surface area contributed by atoms with E-state index in [4.69, 9.17) is 10.5 Å². The number of nitrogens with one attached hydrogen (secondary N) is 1. The van der Waals surface area contributed by atoms with E-state index in [9.17, 15) is 4.39 Å². The molecule has 1 aliphatic rings. The van der Waals surface area contributed by atoms with Gasteiger partial charge in [0, 0.05) is 30.1 Å². The van der Waals surface area contributed by atoms with Crippen LogP contribution in [0.15, 0.2) is 30.5 Å². The number of nitrogens with zero attached hydrogens (tertiary/aromatic N) is 1. The number of nitrogens with two attached hydrogens (primary N) is 1. The molecule has 0 spiro atoms. The number of halogens is 1. The van der Waals surface area contributed by atoms with Crippen LogP contribution in [0.25, 0.3) is 0 Å². The highest BCUT2D eigenvalue weighted by atomic mass is 19.1. The van der Waals surface area contributed by atoms with E-state index in [1.807, 2.05) is 13.8 Å². The van der Waals surface area contributed by atoms with E-state index < -0.39 is 5.82 Å². The molecule has 0 fully saturated rings. The molecule has 0 amide bonds. The molecule has 106 valence electrons. The zero-order chi connectivity index (χ0) is 14.5. The Labute approximate surface area is 117 Å². The van der Waals surface area contributed by atoms with Gasteiger partial charge in [0.05, 0.1) is 0 Å². The Kier molecular flexibility index (Phi) is 4.40. The summed E-state index contributed by atoms with van der Waals surface area (Å²) in [6.07, 6.45) is 2.47. The molecule has 20 heavy (non-hydrogen) atoms. The van der Waals surface area contributed by atoms with Crippen molar-refractivity contribution in [3.05, 3.63) is 41.8 Å². The molecule has 0 aliphatic carbocycles. The lowest BCUT2D eigenvalue weighted by Crippen LogP contribution is -1.94. The maximum atomic E-state index is 13.7. The van der Waals surface area contributed by atoms with E-state index in [1.165, 1.54) is 12.1 Å². The minimum absolute atomic E-state index is 0.171. The maximum Gasteiger partial charge on any atom is 0.167 e. The Bertz CT molecular complexity index is 602. The molecule has 1 aromatic heterocycles. The molecule has 0 saturated carbocycles. The monoisotopic (exact) mass is 275 g/mol. The first-order valence-electron chi connectivity index (χ1n) is 6.68. The van der Waals surface area contributed by atoms with Crippen LogP contribution >= 0.6 is 0 Å². The molecule has 0 radical (unpaired) electrons. The average Bonchev–Trinajstić information content (AvgIpc) is 2.93. The predicted octanol–water partition coefficient (Wildman–Crippen LogP) is 3.59. The fraction of sp³-hybridized carbons (Fsp3) is 0.267. The van der Waals surface area contributed by atoms with E-state index in [2.05, 4.69) is 10.3 Å². The molecule has 3 N–H and O–H groups in total. The van der Waals surface area contributed by atoms with Gasteiger partial charge in [0.25, 0.3) is 0 Å². The number of nitrogen functional groups attached to an aromatic ring is 1. The summed E-state index contributed by atoms with van der Waals surface area (Å²) in [6, 6.07) is 6.12. The fourth-order valence-electron chi connectivity index (χ4n) is 1.99. The highest BCUT2D eigenvalue weighted by Gasteiger charge is 2.17. The smallest absolute Gasteiger partial charge is 0.167 e. The first kappa shape index (κ1) is 14.1. The van der Waals surface area contributed by atoms with Gasteiger partial charge in [-0.15, -0.1) is 0 Å². The van der Waals surface area contributed by atoms with Gasteiger partial charge in [0.1, 0.15) is 11.6 Å². The van der Waals surface area contributed by atoms with Gasteiger partial charge in [-0.2, -0.15) is 0 Å². The van der Waals surface area contributed by atoms with Crippen LogP contribution < -0.4 is 15.8 Å². The standard InChI is InChI=1S/C13H12FN3O.C2H6/c14-10-7-8(15)1-2-12(10)18-11-4-6-17-13-9(11)3-5-16-13;1-2/h1-2,4,6-7H,3,5,15H2,(H,16,17);1-2H3. The maximum absolute atomic E-state index is 13.7. The summed E-state index contributed by atoms with van der Waals surface area (Å²) in [6.45, 7) is 4.83. The van der Waals surface area contributed by atoms with Crippen LogP contribution in [0, 0.1) is 5.82 Å². The van der Waals surface area contributed by atoms with Gasteiger partial charge in [-0.1, -0.05) is 13.8 Å². The number of anilines is 2. The average molecular weight is 275 g/mol. The highest BCUT2D eigenvalue weighted by Crippen LogP contribution is 2.33. The van der Waals surface area contributed by atoms with Gasteiger partial charge in [0.2, 0.25) is 0 Å². The number of fused-ring (bicyclic) bond motifs is 1. The molecule has 4 nitrogen and oxygen atoms in total. The Balaban J connectivity index is 0.000000704. The second-order valence-corrected chi connectivity index (χ2v) is 4.10. The third-order valence-corrected chi connectivity index (χ3v) is 2.86. The number of benzene rings is 1. The Morgan fingerprint density at radius 3 is 2.80 bits per heavy atom. The molecular weight excluding hydrogens is 257 g/mol. The van der Waals surface area contributed by atoms with Crippen LogP contribution in [0.3, 0.4) is 0 Å². The van der Waals surface area contributed by atoms with E-state index in [0.717, 1.165) is 24.3 Å². The lowest BCUT2D eigenvalue weighted by atomic mass is 10.2. The quantitative estimate of drug-likeness (QED) is 0.822. The van der Waals surface area contributed by atoms with Crippen molar-refractivity contribution in [2.24, 2.45) is 0 Å². The highest BCUT2D eigenvalue weighted by molar-refractivity contribution is 5.56. The van der Waals surface area contributed by atoms with E-state index in [1.54, 1.807) is 18.3 Å². The third-order valence-electron chi connectivity index (χ3n) is 2.86. The van der Waals surface area contributed by atoms with Gasteiger partial charge >= 0.3 is 0 Å². The lowest BCUT2D eigenvalue weighted by molar-refractivity contribution is 0.439. The molecule has 0 atom stereocenters. The number of aromatic nitrogens is 1. The van der Waals surface area contributed by atoms with Gasteiger partial charge in [-0.3, -0.25) is 0 Å². The van der Waals surface area contributed by atoms with Crippen LogP contribution in [-0.4, -0.2) is 11.5 Å². The minimum atomic E-state index is -0.466. The van der Waals surface area contributed by atoms with Crippen LogP contribution in [0.5, 0.6) is 11.5 Å². The van der Waals surface area contributed by atoms with Gasteiger partial charge in [-0.05, 0) is 24.6 Å². The topological polar surface area (TPSA) is 60.2 Å². The zero-order valence-electron chi connectivity index (χ0n) is 11.6. The molecular formula is C15H18FN3O. The van der Waals surface area contributed by atoms with Crippen LogP contribution in [0.2, 0.25) is 0 Å². The summed E-state index contributed by atoms with van der Waals surface area (Å²) in [4.78, 5) is 4.19.